The van der Waals surface area contributed by atoms with E-state index in [9.17, 15) is 0 Å². The molecule has 8 heteroatoms. The smallest absolute Gasteiger partial charge is 0.191 e. The van der Waals surface area contributed by atoms with Crippen molar-refractivity contribution in [2.24, 2.45) is 4.99 Å². The fourth-order valence-electron chi connectivity index (χ4n) is 2.21. The van der Waals surface area contributed by atoms with E-state index in [2.05, 4.69) is 72.0 Å². The fourth-order valence-corrected chi connectivity index (χ4v) is 2.43. The second-order valence-corrected chi connectivity index (χ2v) is 7.94. The highest BCUT2D eigenvalue weighted by Crippen LogP contribution is 2.19. The Morgan fingerprint density at radius 1 is 1.27 bits per heavy atom. The summed E-state index contributed by atoms with van der Waals surface area (Å²) in [7, 11) is 0. The molecule has 0 amide bonds. The summed E-state index contributed by atoms with van der Waals surface area (Å²) < 4.78 is 1.99. The van der Waals surface area contributed by atoms with Crippen LogP contribution < -0.4 is 10.6 Å². The third-order valence-electron chi connectivity index (χ3n) is 3.80. The number of nitrogens with zero attached hydrogens (tertiary/aromatic N) is 4. The van der Waals surface area contributed by atoms with Gasteiger partial charge in [0.25, 0.3) is 0 Å². The number of hydrogen-bond donors (Lipinski definition) is 2. The number of aliphatic imine (C=N–C) groups is 1. The molecule has 0 fully saturated rings. The van der Waals surface area contributed by atoms with Crippen molar-refractivity contribution in [1.82, 2.24) is 25.4 Å². The number of rotatable bonds is 8. The quantitative estimate of drug-likeness (QED) is 0.340. The van der Waals surface area contributed by atoms with Crippen molar-refractivity contribution in [3.05, 3.63) is 48.0 Å². The summed E-state index contributed by atoms with van der Waals surface area (Å²) in [5, 5.41) is 10.9. The zero-order valence-electron chi connectivity index (χ0n) is 15.9. The molecule has 0 bridgehead atoms. The van der Waals surface area contributed by atoms with Gasteiger partial charge < -0.3 is 10.6 Å². The molecule has 0 aliphatic rings. The minimum Gasteiger partial charge on any atom is -0.357 e. The molecule has 0 aliphatic carbocycles. The van der Waals surface area contributed by atoms with Crippen molar-refractivity contribution in [1.29, 1.82) is 0 Å². The largest absolute Gasteiger partial charge is 0.357 e. The number of nitrogens with one attached hydrogen (secondary N) is 2. The Bertz CT molecular complexity index is 672. The molecule has 2 N–H and O–H groups in total. The summed E-state index contributed by atoms with van der Waals surface area (Å²) in [6.07, 6.45) is 5.41. The van der Waals surface area contributed by atoms with Gasteiger partial charge in [-0.05, 0) is 38.2 Å². The van der Waals surface area contributed by atoms with Gasteiger partial charge in [-0.25, -0.2) is 14.7 Å². The fraction of sp³-hybridized carbons (Fsp3) is 0.500. The van der Waals surface area contributed by atoms with Crippen LogP contribution in [-0.2, 0) is 13.1 Å². The Morgan fingerprint density at radius 2 is 2.04 bits per heavy atom. The van der Waals surface area contributed by atoms with Crippen LogP contribution in [0.5, 0.6) is 0 Å². The molecule has 0 atom stereocenters. The molecule has 2 rings (SSSR count). The van der Waals surface area contributed by atoms with Crippen molar-refractivity contribution in [2.75, 3.05) is 19.3 Å². The molecule has 0 saturated heterocycles. The van der Waals surface area contributed by atoms with Crippen LogP contribution in [0.2, 0.25) is 0 Å². The molecule has 0 unspecified atom stereocenters. The van der Waals surface area contributed by atoms with Crippen LogP contribution in [0, 0.1) is 0 Å². The van der Waals surface area contributed by atoms with E-state index in [1.54, 1.807) is 12.7 Å². The molecule has 144 valence electrons. The molecule has 2 aromatic rings. The van der Waals surface area contributed by atoms with Gasteiger partial charge in [0.15, 0.2) is 5.96 Å². The van der Waals surface area contributed by atoms with Crippen molar-refractivity contribution in [3.8, 4) is 0 Å². The van der Waals surface area contributed by atoms with E-state index in [4.69, 9.17) is 4.99 Å². The van der Waals surface area contributed by atoms with Gasteiger partial charge in [-0.3, -0.25) is 0 Å². The number of aromatic nitrogens is 3. The molecule has 0 aliphatic heterocycles. The minimum absolute atomic E-state index is 0. The predicted molar refractivity (Wildman–Crippen MR) is 121 cm³/mol. The number of guanidine groups is 1. The molecule has 1 heterocycles. The molecule has 6 nitrogen and oxygen atoms in total. The van der Waals surface area contributed by atoms with E-state index in [1.165, 1.54) is 11.1 Å². The van der Waals surface area contributed by atoms with Crippen LogP contribution in [0.3, 0.4) is 0 Å². The van der Waals surface area contributed by atoms with Gasteiger partial charge in [-0.1, -0.05) is 24.3 Å². The van der Waals surface area contributed by atoms with Crippen molar-refractivity contribution in [2.45, 2.75) is 38.6 Å². The van der Waals surface area contributed by atoms with Crippen LogP contribution in [-0.4, -0.2) is 44.8 Å². The van der Waals surface area contributed by atoms with E-state index in [0.717, 1.165) is 25.6 Å². The lowest BCUT2D eigenvalue weighted by Crippen LogP contribution is -2.43. The molecular weight excluding hydrogens is 459 g/mol. The zero-order chi connectivity index (χ0) is 18.1. The Balaban J connectivity index is 0.00000338. The third kappa shape index (κ3) is 7.94. The van der Waals surface area contributed by atoms with E-state index in [0.29, 0.717) is 6.54 Å². The molecule has 26 heavy (non-hydrogen) atoms. The number of benzene rings is 1. The van der Waals surface area contributed by atoms with Gasteiger partial charge in [0.05, 0.1) is 13.1 Å². The third-order valence-corrected chi connectivity index (χ3v) is 5.05. The molecule has 1 aromatic carbocycles. The highest BCUT2D eigenvalue weighted by atomic mass is 127. The Hall–Kier alpha value is -1.29. The lowest BCUT2D eigenvalue weighted by Gasteiger charge is -2.23. The Labute approximate surface area is 177 Å². The second-order valence-electron chi connectivity index (χ2n) is 6.43. The lowest BCUT2D eigenvalue weighted by molar-refractivity contribution is 0.664. The molecular formula is C18H29IN6S. The lowest BCUT2D eigenvalue weighted by atomic mass is 10.1. The monoisotopic (exact) mass is 488 g/mol. The summed E-state index contributed by atoms with van der Waals surface area (Å²) in [4.78, 5) is 8.69. The molecule has 0 saturated carbocycles. The zero-order valence-corrected chi connectivity index (χ0v) is 19.0. The molecule has 0 spiro atoms. The predicted octanol–water partition coefficient (Wildman–Crippen LogP) is 3.14. The summed E-state index contributed by atoms with van der Waals surface area (Å²) in [5.41, 5.74) is 2.37. The van der Waals surface area contributed by atoms with Gasteiger partial charge >= 0.3 is 0 Å². The maximum atomic E-state index is 4.71. The first kappa shape index (κ1) is 22.8. The van der Waals surface area contributed by atoms with Gasteiger partial charge in [0.2, 0.25) is 0 Å². The van der Waals surface area contributed by atoms with E-state index >= 15 is 0 Å². The Kier molecular flexibility index (Phi) is 10.0. The SMILES string of the molecule is CCNC(=NCc1cccc(Cn2cncn2)c1)NCC(C)(C)SC.I. The van der Waals surface area contributed by atoms with Crippen LogP contribution in [0.15, 0.2) is 41.9 Å². The molecule has 0 radical (unpaired) electrons. The van der Waals surface area contributed by atoms with E-state index in [1.807, 2.05) is 16.4 Å². The summed E-state index contributed by atoms with van der Waals surface area (Å²) in [6, 6.07) is 8.43. The van der Waals surface area contributed by atoms with Crippen molar-refractivity contribution >= 4 is 41.7 Å². The maximum Gasteiger partial charge on any atom is 0.191 e. The van der Waals surface area contributed by atoms with Crippen LogP contribution in [0.1, 0.15) is 31.9 Å². The van der Waals surface area contributed by atoms with Crippen LogP contribution in [0.25, 0.3) is 0 Å². The van der Waals surface area contributed by atoms with Crippen LogP contribution in [0.4, 0.5) is 0 Å². The van der Waals surface area contributed by atoms with Gasteiger partial charge in [0, 0.05) is 17.8 Å². The minimum atomic E-state index is 0. The van der Waals surface area contributed by atoms with Gasteiger partial charge in [-0.2, -0.15) is 16.9 Å². The van der Waals surface area contributed by atoms with Crippen molar-refractivity contribution in [3.63, 3.8) is 0 Å². The van der Waals surface area contributed by atoms with Crippen molar-refractivity contribution < 1.29 is 0 Å². The highest BCUT2D eigenvalue weighted by Gasteiger charge is 2.16. The number of thioether (sulfide) groups is 1. The van der Waals surface area contributed by atoms with Gasteiger partial charge in [0.1, 0.15) is 12.7 Å². The number of halogens is 1. The maximum absolute atomic E-state index is 4.71. The van der Waals surface area contributed by atoms with Gasteiger partial charge in [-0.15, -0.1) is 24.0 Å². The average molecular weight is 488 g/mol. The number of hydrogen-bond acceptors (Lipinski definition) is 4. The van der Waals surface area contributed by atoms with E-state index < -0.39 is 0 Å². The summed E-state index contributed by atoms with van der Waals surface area (Å²) in [5.74, 6) is 0.853. The summed E-state index contributed by atoms with van der Waals surface area (Å²) >= 11 is 1.85. The normalized spacial score (nSPS) is 11.8. The second kappa shape index (κ2) is 11.4. The summed E-state index contributed by atoms with van der Waals surface area (Å²) in [6.45, 7) is 9.60. The first-order chi connectivity index (χ1) is 12.0. The average Bonchev–Trinajstić information content (AvgIpc) is 3.11. The topological polar surface area (TPSA) is 67.1 Å². The first-order valence-corrected chi connectivity index (χ1v) is 9.72. The highest BCUT2D eigenvalue weighted by molar-refractivity contribution is 14.0. The molecule has 1 aromatic heterocycles. The van der Waals surface area contributed by atoms with E-state index in [-0.39, 0.29) is 28.7 Å². The van der Waals surface area contributed by atoms with Crippen LogP contribution >= 0.6 is 35.7 Å². The first-order valence-electron chi connectivity index (χ1n) is 8.50. The Morgan fingerprint density at radius 3 is 2.69 bits per heavy atom. The standard InChI is InChI=1S/C18H28N6S.HI/c1-5-20-17(22-12-18(2,3)25-4)21-10-15-7-6-8-16(9-15)11-24-14-19-13-23-24;/h6-9,13-14H,5,10-12H2,1-4H3,(H2,20,21,22);1H.